The van der Waals surface area contributed by atoms with Crippen molar-refractivity contribution < 1.29 is 14.7 Å². The first-order chi connectivity index (χ1) is 9.10. The van der Waals surface area contributed by atoms with Gasteiger partial charge in [0, 0.05) is 32.2 Å². The molecule has 6 heteroatoms. The normalized spacial score (nSPS) is 18.2. The number of alkyl halides is 1. The molecule has 2 N–H and O–H groups in total. The fourth-order valence-corrected chi connectivity index (χ4v) is 2.46. The van der Waals surface area contributed by atoms with E-state index in [1.807, 2.05) is 11.8 Å². The molecule has 0 aromatic heterocycles. The summed E-state index contributed by atoms with van der Waals surface area (Å²) in [7, 11) is 0. The van der Waals surface area contributed by atoms with Crippen molar-refractivity contribution in [2.45, 2.75) is 37.4 Å². The Labute approximate surface area is 122 Å². The van der Waals surface area contributed by atoms with Gasteiger partial charge in [-0.25, -0.2) is 0 Å². The van der Waals surface area contributed by atoms with E-state index < -0.39 is 0 Å². The van der Waals surface area contributed by atoms with Crippen LogP contribution < -0.4 is 5.32 Å². The molecule has 0 aromatic rings. The van der Waals surface area contributed by atoms with Crippen LogP contribution in [0.5, 0.6) is 0 Å². The highest BCUT2D eigenvalue weighted by Crippen LogP contribution is 2.20. The lowest BCUT2D eigenvalue weighted by atomic mass is 9.95. The molecular weight excluding hydrogens is 312 g/mol. The van der Waals surface area contributed by atoms with Crippen LogP contribution in [0.15, 0.2) is 0 Å². The van der Waals surface area contributed by atoms with Crippen molar-refractivity contribution in [3.63, 3.8) is 0 Å². The third-order valence-corrected chi connectivity index (χ3v) is 4.48. The van der Waals surface area contributed by atoms with Crippen LogP contribution in [0.4, 0.5) is 0 Å². The fraction of sp³-hybridized carbons (Fsp3) is 0.846. The van der Waals surface area contributed by atoms with Crippen molar-refractivity contribution in [2.75, 3.05) is 26.2 Å². The standard InChI is InChI=1S/C13H23BrN2O3/c1-2-11(14)13(19)16-7-4-10(5-8-16)12(18)15-6-3-9-17/h10-11,17H,2-9H2,1H3,(H,15,18). The van der Waals surface area contributed by atoms with Crippen LogP contribution in [0, 0.1) is 5.92 Å². The van der Waals surface area contributed by atoms with Gasteiger partial charge in [-0.3, -0.25) is 9.59 Å². The molecule has 1 aliphatic rings. The largest absolute Gasteiger partial charge is 0.396 e. The smallest absolute Gasteiger partial charge is 0.236 e. The number of piperidine rings is 1. The Hall–Kier alpha value is -0.620. The van der Waals surface area contributed by atoms with Crippen molar-refractivity contribution >= 4 is 27.7 Å². The summed E-state index contributed by atoms with van der Waals surface area (Å²) in [4.78, 5) is 25.5. The summed E-state index contributed by atoms with van der Waals surface area (Å²) in [6.07, 6.45) is 2.81. The summed E-state index contributed by atoms with van der Waals surface area (Å²) >= 11 is 3.37. The van der Waals surface area contributed by atoms with E-state index in [1.54, 1.807) is 0 Å². The van der Waals surface area contributed by atoms with Gasteiger partial charge in [0.25, 0.3) is 0 Å². The highest BCUT2D eigenvalue weighted by atomic mass is 79.9. The lowest BCUT2D eigenvalue weighted by Crippen LogP contribution is -2.45. The van der Waals surface area contributed by atoms with E-state index in [1.165, 1.54) is 0 Å². The minimum absolute atomic E-state index is 0.00172. The van der Waals surface area contributed by atoms with E-state index in [-0.39, 0.29) is 29.2 Å². The van der Waals surface area contributed by atoms with Gasteiger partial charge in [0.05, 0.1) is 4.83 Å². The maximum Gasteiger partial charge on any atom is 0.236 e. The van der Waals surface area contributed by atoms with E-state index in [2.05, 4.69) is 21.2 Å². The molecule has 0 aromatic carbocycles. The summed E-state index contributed by atoms with van der Waals surface area (Å²) in [5.41, 5.74) is 0. The molecule has 1 aliphatic heterocycles. The first kappa shape index (κ1) is 16.4. The molecular formula is C13H23BrN2O3. The summed E-state index contributed by atoms with van der Waals surface area (Å²) in [6.45, 7) is 3.89. The summed E-state index contributed by atoms with van der Waals surface area (Å²) < 4.78 is 0. The third kappa shape index (κ3) is 5.10. The molecule has 110 valence electrons. The van der Waals surface area contributed by atoms with Crippen LogP contribution in [0.2, 0.25) is 0 Å². The predicted molar refractivity (Wildman–Crippen MR) is 77.0 cm³/mol. The van der Waals surface area contributed by atoms with E-state index in [4.69, 9.17) is 5.11 Å². The average molecular weight is 335 g/mol. The lowest BCUT2D eigenvalue weighted by Gasteiger charge is -2.32. The molecule has 0 aliphatic carbocycles. The topological polar surface area (TPSA) is 69.6 Å². The number of rotatable bonds is 6. The van der Waals surface area contributed by atoms with Crippen molar-refractivity contribution in [1.82, 2.24) is 10.2 Å². The number of nitrogens with zero attached hydrogens (tertiary/aromatic N) is 1. The SMILES string of the molecule is CCC(Br)C(=O)N1CCC(C(=O)NCCCO)CC1. The van der Waals surface area contributed by atoms with Gasteiger partial charge in [0.2, 0.25) is 11.8 Å². The second-order valence-electron chi connectivity index (χ2n) is 4.84. The van der Waals surface area contributed by atoms with Crippen molar-refractivity contribution in [2.24, 2.45) is 5.92 Å². The van der Waals surface area contributed by atoms with Gasteiger partial charge in [-0.1, -0.05) is 22.9 Å². The van der Waals surface area contributed by atoms with Gasteiger partial charge < -0.3 is 15.3 Å². The molecule has 5 nitrogen and oxygen atoms in total. The molecule has 1 atom stereocenters. The van der Waals surface area contributed by atoms with E-state index in [9.17, 15) is 9.59 Å². The molecule has 2 amide bonds. The van der Waals surface area contributed by atoms with Crippen molar-refractivity contribution in [1.29, 1.82) is 0 Å². The highest BCUT2D eigenvalue weighted by Gasteiger charge is 2.28. The van der Waals surface area contributed by atoms with Gasteiger partial charge in [0.15, 0.2) is 0 Å². The van der Waals surface area contributed by atoms with Gasteiger partial charge in [-0.2, -0.15) is 0 Å². The monoisotopic (exact) mass is 334 g/mol. The first-order valence-corrected chi connectivity index (χ1v) is 7.83. The maximum absolute atomic E-state index is 12.0. The van der Waals surface area contributed by atoms with Gasteiger partial charge in [-0.15, -0.1) is 0 Å². The summed E-state index contributed by atoms with van der Waals surface area (Å²) in [6, 6.07) is 0. The summed E-state index contributed by atoms with van der Waals surface area (Å²) in [5, 5.41) is 11.5. The quantitative estimate of drug-likeness (QED) is 0.560. The Morgan fingerprint density at radius 3 is 2.58 bits per heavy atom. The number of carbonyl (C=O) groups excluding carboxylic acids is 2. The first-order valence-electron chi connectivity index (χ1n) is 6.91. The van der Waals surface area contributed by atoms with E-state index >= 15 is 0 Å². The molecule has 1 unspecified atom stereocenters. The molecule has 1 saturated heterocycles. The molecule has 1 fully saturated rings. The second kappa shape index (κ2) is 8.53. The van der Waals surface area contributed by atoms with Gasteiger partial charge in [-0.05, 0) is 25.7 Å². The Kier molecular flexibility index (Phi) is 7.38. The highest BCUT2D eigenvalue weighted by molar-refractivity contribution is 9.10. The molecule has 19 heavy (non-hydrogen) atoms. The molecule has 0 saturated carbocycles. The van der Waals surface area contributed by atoms with E-state index in [0.717, 1.165) is 19.3 Å². The molecule has 0 radical (unpaired) electrons. The molecule has 0 spiro atoms. The van der Waals surface area contributed by atoms with E-state index in [0.29, 0.717) is 26.1 Å². The number of aliphatic hydroxyl groups excluding tert-OH is 1. The minimum Gasteiger partial charge on any atom is -0.396 e. The number of likely N-dealkylation sites (tertiary alicyclic amines) is 1. The van der Waals surface area contributed by atoms with Crippen LogP contribution in [-0.4, -0.2) is 52.9 Å². The zero-order chi connectivity index (χ0) is 14.3. The van der Waals surface area contributed by atoms with Gasteiger partial charge >= 0.3 is 0 Å². The zero-order valence-electron chi connectivity index (χ0n) is 11.4. The lowest BCUT2D eigenvalue weighted by molar-refractivity contribution is -0.135. The Bertz CT molecular complexity index is 304. The number of aliphatic hydroxyl groups is 1. The number of amides is 2. The summed E-state index contributed by atoms with van der Waals surface area (Å²) in [5.74, 6) is 0.172. The minimum atomic E-state index is -0.109. The van der Waals surface area contributed by atoms with Crippen LogP contribution in [0.25, 0.3) is 0 Å². The zero-order valence-corrected chi connectivity index (χ0v) is 13.0. The molecule has 1 heterocycles. The predicted octanol–water partition coefficient (Wildman–Crippen LogP) is 0.897. The molecule has 0 bridgehead atoms. The number of hydrogen-bond acceptors (Lipinski definition) is 3. The second-order valence-corrected chi connectivity index (χ2v) is 5.95. The Morgan fingerprint density at radius 1 is 1.42 bits per heavy atom. The third-order valence-electron chi connectivity index (χ3n) is 3.44. The van der Waals surface area contributed by atoms with Crippen molar-refractivity contribution in [3.8, 4) is 0 Å². The average Bonchev–Trinajstić information content (AvgIpc) is 2.46. The van der Waals surface area contributed by atoms with Crippen LogP contribution in [0.1, 0.15) is 32.6 Å². The number of carbonyl (C=O) groups is 2. The Morgan fingerprint density at radius 2 is 2.05 bits per heavy atom. The number of halogens is 1. The maximum atomic E-state index is 12.0. The van der Waals surface area contributed by atoms with Crippen molar-refractivity contribution in [3.05, 3.63) is 0 Å². The van der Waals surface area contributed by atoms with Crippen LogP contribution >= 0.6 is 15.9 Å². The molecule has 1 rings (SSSR count). The Balaban J connectivity index is 2.32. The van der Waals surface area contributed by atoms with Crippen LogP contribution in [-0.2, 0) is 9.59 Å². The van der Waals surface area contributed by atoms with Gasteiger partial charge in [0.1, 0.15) is 0 Å². The fourth-order valence-electron chi connectivity index (χ4n) is 2.17. The number of nitrogens with one attached hydrogen (secondary N) is 1. The number of hydrogen-bond donors (Lipinski definition) is 2. The van der Waals surface area contributed by atoms with Crippen LogP contribution in [0.3, 0.4) is 0 Å².